The number of benzene rings is 3. The van der Waals surface area contributed by atoms with E-state index in [9.17, 15) is 47.9 Å². The minimum atomic E-state index is -5.25. The number of hydrogen-bond acceptors (Lipinski definition) is 3. The lowest BCUT2D eigenvalue weighted by atomic mass is 9.95. The molecule has 0 bridgehead atoms. The second kappa shape index (κ2) is 11.1. The molecule has 0 aliphatic heterocycles. The van der Waals surface area contributed by atoms with Gasteiger partial charge in [-0.2, -0.15) is 39.5 Å². The Morgan fingerprint density at radius 3 is 1.78 bits per heavy atom. The standard InChI is InChI=1S/C27H24F9NO3S/c1-15(2)17-6-8-24(40-3)21(11-17)18-5-7-22(27(34,35)36)23(12-18)37(41(4,38)39)14-16-9-19(25(28,29)30)13-20(10-16)26(31,32)33/h5-13,15H,14H2,1-4H3. The molecule has 3 rings (SSSR count). The van der Waals surface area contributed by atoms with Crippen LogP contribution in [0, 0.1) is 0 Å². The molecule has 224 valence electrons. The van der Waals surface area contributed by atoms with Gasteiger partial charge >= 0.3 is 18.5 Å². The van der Waals surface area contributed by atoms with Crippen LogP contribution < -0.4 is 9.04 Å². The lowest BCUT2D eigenvalue weighted by Gasteiger charge is -2.27. The largest absolute Gasteiger partial charge is 0.496 e. The molecule has 3 aromatic carbocycles. The van der Waals surface area contributed by atoms with Crippen LogP contribution in [0.25, 0.3) is 11.1 Å². The fraction of sp³-hybridized carbons (Fsp3) is 0.333. The Morgan fingerprint density at radius 2 is 1.34 bits per heavy atom. The van der Waals surface area contributed by atoms with Gasteiger partial charge in [-0.1, -0.05) is 26.0 Å². The summed E-state index contributed by atoms with van der Waals surface area (Å²) in [7, 11) is -3.38. The first-order valence-electron chi connectivity index (χ1n) is 11.8. The van der Waals surface area contributed by atoms with Crippen molar-refractivity contribution in [3.8, 4) is 16.9 Å². The number of methoxy groups -OCH3 is 1. The summed E-state index contributed by atoms with van der Waals surface area (Å²) in [5.74, 6) is 0.226. The zero-order valence-corrected chi connectivity index (χ0v) is 22.8. The molecule has 0 atom stereocenters. The molecule has 0 aromatic heterocycles. The third-order valence-corrected chi connectivity index (χ3v) is 7.27. The summed E-state index contributed by atoms with van der Waals surface area (Å²) in [5, 5.41) is 0. The Hall–Kier alpha value is -3.42. The molecule has 41 heavy (non-hydrogen) atoms. The number of alkyl halides is 9. The molecular weight excluding hydrogens is 589 g/mol. The van der Waals surface area contributed by atoms with Crippen molar-refractivity contribution in [1.82, 2.24) is 0 Å². The molecule has 14 heteroatoms. The smallest absolute Gasteiger partial charge is 0.418 e. The van der Waals surface area contributed by atoms with E-state index < -0.39 is 63.0 Å². The molecule has 0 amide bonds. The highest BCUT2D eigenvalue weighted by atomic mass is 32.2. The molecular formula is C27H24F9NO3S. The van der Waals surface area contributed by atoms with Gasteiger partial charge in [-0.15, -0.1) is 0 Å². The van der Waals surface area contributed by atoms with Gasteiger partial charge in [-0.3, -0.25) is 4.31 Å². The van der Waals surface area contributed by atoms with Crippen LogP contribution in [-0.4, -0.2) is 21.8 Å². The normalized spacial score (nSPS) is 13.0. The van der Waals surface area contributed by atoms with E-state index in [0.717, 1.165) is 17.7 Å². The van der Waals surface area contributed by atoms with Crippen molar-refractivity contribution >= 4 is 15.7 Å². The molecule has 0 aliphatic carbocycles. The minimum Gasteiger partial charge on any atom is -0.496 e. The molecule has 0 spiro atoms. The average molecular weight is 614 g/mol. The zero-order chi connectivity index (χ0) is 31.1. The lowest BCUT2D eigenvalue weighted by Crippen LogP contribution is -2.31. The van der Waals surface area contributed by atoms with E-state index in [4.69, 9.17) is 4.74 Å². The minimum absolute atomic E-state index is 0.00942. The maximum absolute atomic E-state index is 14.1. The van der Waals surface area contributed by atoms with E-state index in [0.29, 0.717) is 17.9 Å². The fourth-order valence-corrected chi connectivity index (χ4v) is 5.00. The van der Waals surface area contributed by atoms with Crippen molar-refractivity contribution in [3.63, 3.8) is 0 Å². The number of rotatable bonds is 7. The molecule has 4 nitrogen and oxygen atoms in total. The summed E-state index contributed by atoms with van der Waals surface area (Å²) < 4.78 is 154. The molecule has 3 aromatic rings. The summed E-state index contributed by atoms with van der Waals surface area (Å²) in [5.41, 5.74) is -5.62. The highest BCUT2D eigenvalue weighted by molar-refractivity contribution is 7.92. The van der Waals surface area contributed by atoms with E-state index >= 15 is 0 Å². The number of halogens is 9. The second-order valence-electron chi connectivity index (χ2n) is 9.53. The number of anilines is 1. The summed E-state index contributed by atoms with van der Waals surface area (Å²) in [6.07, 6.45) is -15.1. The van der Waals surface area contributed by atoms with Crippen LogP contribution in [0.5, 0.6) is 5.75 Å². The van der Waals surface area contributed by atoms with Crippen molar-refractivity contribution in [2.24, 2.45) is 0 Å². The molecule has 0 fully saturated rings. The number of nitrogens with zero attached hydrogens (tertiary/aromatic N) is 1. The summed E-state index contributed by atoms with van der Waals surface area (Å²) in [6.45, 7) is 2.47. The van der Waals surface area contributed by atoms with Gasteiger partial charge in [0, 0.05) is 5.56 Å². The van der Waals surface area contributed by atoms with E-state index in [1.165, 1.54) is 7.11 Å². The monoisotopic (exact) mass is 613 g/mol. The highest BCUT2D eigenvalue weighted by Gasteiger charge is 2.39. The number of hydrogen-bond donors (Lipinski definition) is 0. The topological polar surface area (TPSA) is 46.6 Å². The van der Waals surface area contributed by atoms with Crippen molar-refractivity contribution in [2.45, 2.75) is 44.8 Å². The summed E-state index contributed by atoms with van der Waals surface area (Å²) in [4.78, 5) is 0. The van der Waals surface area contributed by atoms with Gasteiger partial charge in [0.25, 0.3) is 0 Å². The van der Waals surface area contributed by atoms with Crippen LogP contribution in [0.2, 0.25) is 0 Å². The van der Waals surface area contributed by atoms with Crippen LogP contribution >= 0.6 is 0 Å². The molecule has 0 unspecified atom stereocenters. The van der Waals surface area contributed by atoms with Gasteiger partial charge in [0.05, 0.1) is 42.3 Å². The van der Waals surface area contributed by atoms with Gasteiger partial charge in [-0.05, 0) is 65.1 Å². The predicted octanol–water partition coefficient (Wildman–Crippen LogP) is 8.51. The third-order valence-electron chi connectivity index (χ3n) is 6.15. The Labute approximate surface area is 230 Å². The van der Waals surface area contributed by atoms with E-state index in [2.05, 4.69) is 0 Å². The average Bonchev–Trinajstić information content (AvgIpc) is 2.84. The molecule has 0 heterocycles. The van der Waals surface area contributed by atoms with Crippen LogP contribution in [0.15, 0.2) is 54.6 Å². The molecule has 0 aliphatic rings. The SMILES string of the molecule is COc1ccc(C(C)C)cc1-c1ccc(C(F)(F)F)c(N(Cc2cc(C(F)(F)F)cc(C(F)(F)F)c2)S(C)(=O)=O)c1. The first-order chi connectivity index (χ1) is 18.6. The summed E-state index contributed by atoms with van der Waals surface area (Å²) >= 11 is 0. The number of sulfonamides is 1. The lowest BCUT2D eigenvalue weighted by molar-refractivity contribution is -0.143. The predicted molar refractivity (Wildman–Crippen MR) is 135 cm³/mol. The van der Waals surface area contributed by atoms with Gasteiger partial charge in [0.2, 0.25) is 10.0 Å². The van der Waals surface area contributed by atoms with Crippen LogP contribution in [0.1, 0.15) is 47.6 Å². The molecule has 0 radical (unpaired) electrons. The van der Waals surface area contributed by atoms with Crippen LogP contribution in [0.3, 0.4) is 0 Å². The Bertz CT molecular complexity index is 1490. The van der Waals surface area contributed by atoms with Gasteiger partial charge in [0.15, 0.2) is 0 Å². The van der Waals surface area contributed by atoms with E-state index in [1.807, 2.05) is 13.8 Å². The Balaban J connectivity index is 2.31. The van der Waals surface area contributed by atoms with E-state index in [1.54, 1.807) is 18.2 Å². The second-order valence-corrected chi connectivity index (χ2v) is 11.4. The molecule has 0 N–H and O–H groups in total. The quantitative estimate of drug-likeness (QED) is 0.251. The Kier molecular flexibility index (Phi) is 8.69. The van der Waals surface area contributed by atoms with Gasteiger partial charge in [-0.25, -0.2) is 8.42 Å². The molecule has 0 saturated carbocycles. The zero-order valence-electron chi connectivity index (χ0n) is 22.0. The first kappa shape index (κ1) is 32.1. The van der Waals surface area contributed by atoms with Crippen molar-refractivity contribution in [3.05, 3.63) is 82.4 Å². The fourth-order valence-electron chi connectivity index (χ4n) is 4.11. The highest BCUT2D eigenvalue weighted by Crippen LogP contribution is 2.43. The Morgan fingerprint density at radius 1 is 0.780 bits per heavy atom. The maximum Gasteiger partial charge on any atom is 0.418 e. The van der Waals surface area contributed by atoms with E-state index in [-0.39, 0.29) is 39.7 Å². The third kappa shape index (κ3) is 7.46. The van der Waals surface area contributed by atoms with Crippen molar-refractivity contribution in [2.75, 3.05) is 17.7 Å². The number of ether oxygens (including phenoxy) is 1. The van der Waals surface area contributed by atoms with Gasteiger partial charge in [0.1, 0.15) is 5.75 Å². The maximum atomic E-state index is 14.1. The van der Waals surface area contributed by atoms with Crippen LogP contribution in [-0.2, 0) is 35.1 Å². The van der Waals surface area contributed by atoms with Gasteiger partial charge < -0.3 is 4.74 Å². The summed E-state index contributed by atoms with van der Waals surface area (Å²) in [6, 6.07) is 7.82. The first-order valence-corrected chi connectivity index (χ1v) is 13.6. The van der Waals surface area contributed by atoms with Crippen LogP contribution in [0.4, 0.5) is 45.2 Å². The molecule has 0 saturated heterocycles. The van der Waals surface area contributed by atoms with Crippen molar-refractivity contribution in [1.29, 1.82) is 0 Å². The van der Waals surface area contributed by atoms with Crippen molar-refractivity contribution < 1.29 is 52.7 Å².